The molecule has 7 nitrogen and oxygen atoms in total. The molecule has 2 aliphatic heterocycles. The predicted molar refractivity (Wildman–Crippen MR) is 121 cm³/mol. The molecule has 2 amide bonds. The number of rotatable bonds is 5. The fourth-order valence-corrected chi connectivity index (χ4v) is 5.12. The van der Waals surface area contributed by atoms with Crippen LogP contribution in [0.15, 0.2) is 42.5 Å². The molecule has 0 aromatic heterocycles. The molecule has 5 rings (SSSR count). The van der Waals surface area contributed by atoms with Crippen molar-refractivity contribution in [2.75, 3.05) is 38.3 Å². The number of amides is 2. The first-order valence-electron chi connectivity index (χ1n) is 11.6. The van der Waals surface area contributed by atoms with E-state index in [1.165, 1.54) is 12.1 Å². The molecule has 0 bridgehead atoms. The van der Waals surface area contributed by atoms with Gasteiger partial charge in [-0.1, -0.05) is 12.8 Å². The number of benzene rings is 2. The van der Waals surface area contributed by atoms with Crippen molar-refractivity contribution in [3.05, 3.63) is 53.8 Å². The number of carbonyl (C=O) groups excluding carboxylic acids is 2. The highest BCUT2D eigenvalue weighted by molar-refractivity contribution is 5.96. The van der Waals surface area contributed by atoms with Gasteiger partial charge in [-0.15, -0.1) is 0 Å². The van der Waals surface area contributed by atoms with Gasteiger partial charge in [0.1, 0.15) is 5.82 Å². The van der Waals surface area contributed by atoms with Gasteiger partial charge in [-0.05, 0) is 61.2 Å². The molecule has 2 fully saturated rings. The summed E-state index contributed by atoms with van der Waals surface area (Å²) in [5.41, 5.74) is 1.18. The maximum Gasteiger partial charge on any atom is 0.254 e. The van der Waals surface area contributed by atoms with Crippen molar-refractivity contribution < 1.29 is 23.5 Å². The van der Waals surface area contributed by atoms with Crippen LogP contribution in [0, 0.1) is 11.7 Å². The largest absolute Gasteiger partial charge is 0.454 e. The fraction of sp³-hybridized carbons (Fsp3) is 0.440. The first-order chi connectivity index (χ1) is 16.1. The summed E-state index contributed by atoms with van der Waals surface area (Å²) >= 11 is 0. The number of ether oxygens (including phenoxy) is 2. The first kappa shape index (κ1) is 21.7. The second kappa shape index (κ2) is 9.39. The Kier molecular flexibility index (Phi) is 6.17. The maximum absolute atomic E-state index is 13.3. The van der Waals surface area contributed by atoms with Gasteiger partial charge in [0.15, 0.2) is 11.5 Å². The third-order valence-corrected chi connectivity index (χ3v) is 6.84. The number of nitrogens with one attached hydrogen (secondary N) is 1. The van der Waals surface area contributed by atoms with Crippen molar-refractivity contribution in [1.29, 1.82) is 0 Å². The Labute approximate surface area is 192 Å². The van der Waals surface area contributed by atoms with Gasteiger partial charge in [0.2, 0.25) is 12.7 Å². The van der Waals surface area contributed by atoms with Crippen molar-refractivity contribution in [2.24, 2.45) is 5.92 Å². The lowest BCUT2D eigenvalue weighted by molar-refractivity contribution is -0.123. The Bertz CT molecular complexity index is 1010. The summed E-state index contributed by atoms with van der Waals surface area (Å²) < 4.78 is 24.0. The van der Waals surface area contributed by atoms with Crippen LogP contribution in [0.2, 0.25) is 0 Å². The van der Waals surface area contributed by atoms with Crippen molar-refractivity contribution in [2.45, 2.75) is 31.7 Å². The Hall–Kier alpha value is -3.13. The summed E-state index contributed by atoms with van der Waals surface area (Å²) in [6.45, 7) is 2.55. The van der Waals surface area contributed by atoms with Gasteiger partial charge in [0.25, 0.3) is 5.91 Å². The molecule has 1 saturated carbocycles. The van der Waals surface area contributed by atoms with Crippen LogP contribution in [-0.2, 0) is 4.79 Å². The van der Waals surface area contributed by atoms with E-state index in [1.54, 1.807) is 30.3 Å². The van der Waals surface area contributed by atoms with Crippen LogP contribution in [0.3, 0.4) is 0 Å². The quantitative estimate of drug-likeness (QED) is 0.750. The van der Waals surface area contributed by atoms with Crippen LogP contribution in [0.5, 0.6) is 11.5 Å². The Morgan fingerprint density at radius 3 is 2.36 bits per heavy atom. The molecular weight excluding hydrogens is 425 g/mol. The normalized spacial score (nSPS) is 19.5. The van der Waals surface area contributed by atoms with Crippen LogP contribution < -0.4 is 14.8 Å². The summed E-state index contributed by atoms with van der Waals surface area (Å²) in [6.07, 6.45) is 4.32. The number of hydrogen-bond donors (Lipinski definition) is 1. The summed E-state index contributed by atoms with van der Waals surface area (Å²) in [5, 5.41) is 2.97. The van der Waals surface area contributed by atoms with Crippen LogP contribution in [0.1, 0.15) is 36.0 Å². The minimum atomic E-state index is -0.330. The maximum atomic E-state index is 13.3. The molecule has 174 valence electrons. The van der Waals surface area contributed by atoms with Crippen LogP contribution >= 0.6 is 0 Å². The molecule has 2 aromatic rings. The van der Waals surface area contributed by atoms with E-state index in [0.717, 1.165) is 25.7 Å². The minimum absolute atomic E-state index is 0.0406. The molecule has 1 aliphatic carbocycles. The lowest BCUT2D eigenvalue weighted by atomic mass is 9.94. The van der Waals surface area contributed by atoms with Crippen LogP contribution in [0.25, 0.3) is 0 Å². The van der Waals surface area contributed by atoms with Gasteiger partial charge >= 0.3 is 0 Å². The third kappa shape index (κ3) is 4.66. The molecule has 1 saturated heterocycles. The lowest BCUT2D eigenvalue weighted by Gasteiger charge is -2.40. The van der Waals surface area contributed by atoms with E-state index in [4.69, 9.17) is 9.47 Å². The number of fused-ring (bicyclic) bond motifs is 1. The SMILES string of the molecule is O=C(Nc1ccc(F)cc1)[C@H](C1CCCC1)N1CCN(C(=O)c2ccc3c(c2)OCO3)CC1. The highest BCUT2D eigenvalue weighted by atomic mass is 19.1. The summed E-state index contributed by atoms with van der Waals surface area (Å²) in [7, 11) is 0. The second-order valence-corrected chi connectivity index (χ2v) is 8.88. The number of anilines is 1. The first-order valence-corrected chi connectivity index (χ1v) is 11.6. The van der Waals surface area contributed by atoms with E-state index < -0.39 is 0 Å². The Morgan fingerprint density at radius 1 is 0.939 bits per heavy atom. The van der Waals surface area contributed by atoms with Crippen molar-refractivity contribution in [3.63, 3.8) is 0 Å². The minimum Gasteiger partial charge on any atom is -0.454 e. The topological polar surface area (TPSA) is 71.1 Å². The molecule has 0 unspecified atom stereocenters. The van der Waals surface area contributed by atoms with E-state index in [2.05, 4.69) is 10.2 Å². The van der Waals surface area contributed by atoms with Gasteiger partial charge in [-0.2, -0.15) is 0 Å². The lowest BCUT2D eigenvalue weighted by Crippen LogP contribution is -2.56. The summed E-state index contributed by atoms with van der Waals surface area (Å²) in [4.78, 5) is 30.3. The monoisotopic (exact) mass is 453 g/mol. The van der Waals surface area contributed by atoms with Crippen molar-refractivity contribution in [1.82, 2.24) is 9.80 Å². The molecule has 2 heterocycles. The van der Waals surface area contributed by atoms with E-state index in [9.17, 15) is 14.0 Å². The van der Waals surface area contributed by atoms with Crippen LogP contribution in [-0.4, -0.2) is 60.6 Å². The zero-order valence-corrected chi connectivity index (χ0v) is 18.5. The summed E-state index contributed by atoms with van der Waals surface area (Å²) in [5.74, 6) is 1.12. The van der Waals surface area contributed by atoms with Gasteiger partial charge in [0, 0.05) is 37.4 Å². The number of carbonyl (C=O) groups is 2. The zero-order chi connectivity index (χ0) is 22.8. The van der Waals surface area contributed by atoms with Crippen LogP contribution in [0.4, 0.5) is 10.1 Å². The molecule has 0 radical (unpaired) electrons. The van der Waals surface area contributed by atoms with Crippen molar-refractivity contribution >= 4 is 17.5 Å². The van der Waals surface area contributed by atoms with E-state index in [0.29, 0.717) is 54.8 Å². The molecule has 33 heavy (non-hydrogen) atoms. The molecular formula is C25H28FN3O4. The fourth-order valence-electron chi connectivity index (χ4n) is 5.12. The number of halogens is 1. The number of nitrogens with zero attached hydrogens (tertiary/aromatic N) is 2. The molecule has 0 spiro atoms. The number of piperazine rings is 1. The zero-order valence-electron chi connectivity index (χ0n) is 18.5. The van der Waals surface area contributed by atoms with Gasteiger partial charge in [-0.3, -0.25) is 14.5 Å². The van der Waals surface area contributed by atoms with Crippen molar-refractivity contribution in [3.8, 4) is 11.5 Å². The number of hydrogen-bond acceptors (Lipinski definition) is 5. The second-order valence-electron chi connectivity index (χ2n) is 8.88. The Morgan fingerprint density at radius 2 is 1.64 bits per heavy atom. The highest BCUT2D eigenvalue weighted by Gasteiger charge is 2.37. The third-order valence-electron chi connectivity index (χ3n) is 6.84. The molecule has 2 aromatic carbocycles. The molecule has 1 N–H and O–H groups in total. The highest BCUT2D eigenvalue weighted by Crippen LogP contribution is 2.34. The average Bonchev–Trinajstić information content (AvgIpc) is 3.52. The van der Waals surface area contributed by atoms with Gasteiger partial charge in [-0.25, -0.2) is 4.39 Å². The molecule has 8 heteroatoms. The van der Waals surface area contributed by atoms with E-state index in [-0.39, 0.29) is 30.5 Å². The standard InChI is InChI=1S/C25H28FN3O4/c26-19-6-8-20(9-7-19)27-24(30)23(17-3-1-2-4-17)28-11-13-29(14-12-28)25(31)18-5-10-21-22(15-18)33-16-32-21/h5-10,15,17,23H,1-4,11-14,16H2,(H,27,30)/t23-/m0/s1. The Balaban J connectivity index is 1.25. The predicted octanol–water partition coefficient (Wildman–Crippen LogP) is 3.51. The van der Waals surface area contributed by atoms with E-state index >= 15 is 0 Å². The summed E-state index contributed by atoms with van der Waals surface area (Å²) in [6, 6.07) is 10.9. The van der Waals surface area contributed by atoms with Gasteiger partial charge < -0.3 is 19.7 Å². The van der Waals surface area contributed by atoms with E-state index in [1.807, 2.05) is 4.90 Å². The average molecular weight is 454 g/mol. The smallest absolute Gasteiger partial charge is 0.254 e. The molecule has 3 aliphatic rings. The molecule has 1 atom stereocenters. The van der Waals surface area contributed by atoms with Gasteiger partial charge in [0.05, 0.1) is 6.04 Å².